The molecule has 2 amide bonds. The van der Waals surface area contributed by atoms with Gasteiger partial charge in [0.15, 0.2) is 0 Å². The average molecular weight is 335 g/mol. The molecule has 0 radical (unpaired) electrons. The number of nitriles is 1. The Balaban J connectivity index is 1.52. The molecule has 0 spiro atoms. The van der Waals surface area contributed by atoms with E-state index in [0.717, 1.165) is 12.0 Å². The second-order valence-corrected chi connectivity index (χ2v) is 6.10. The summed E-state index contributed by atoms with van der Waals surface area (Å²) in [6.45, 7) is 2.14. The van der Waals surface area contributed by atoms with E-state index < -0.39 is 0 Å². The summed E-state index contributed by atoms with van der Waals surface area (Å²) >= 11 is 0. The zero-order valence-electron chi connectivity index (χ0n) is 14.0. The van der Waals surface area contributed by atoms with Gasteiger partial charge >= 0.3 is 6.03 Å². The van der Waals surface area contributed by atoms with E-state index in [2.05, 4.69) is 23.5 Å². The van der Waals surface area contributed by atoms with Crippen LogP contribution in [0.15, 0.2) is 54.6 Å². The van der Waals surface area contributed by atoms with Gasteiger partial charge in [-0.15, -0.1) is 0 Å². The van der Waals surface area contributed by atoms with Crippen LogP contribution in [0.3, 0.4) is 0 Å². The van der Waals surface area contributed by atoms with Crippen LogP contribution in [0.4, 0.5) is 4.79 Å². The summed E-state index contributed by atoms with van der Waals surface area (Å²) < 4.78 is 5.80. The number of nitrogens with zero attached hydrogens (tertiary/aromatic N) is 2. The molecule has 1 fully saturated rings. The van der Waals surface area contributed by atoms with E-state index in [1.807, 2.05) is 30.3 Å². The maximum atomic E-state index is 12.4. The van der Waals surface area contributed by atoms with Crippen LogP contribution in [0, 0.1) is 11.3 Å². The third kappa shape index (κ3) is 4.82. The predicted octanol–water partition coefficient (Wildman–Crippen LogP) is 2.71. The normalized spacial score (nSPS) is 16.9. The Kier molecular flexibility index (Phi) is 5.65. The zero-order chi connectivity index (χ0) is 17.5. The molecule has 1 saturated heterocycles. The molecule has 1 atom stereocenters. The Morgan fingerprint density at radius 3 is 2.80 bits per heavy atom. The molecular formula is C20H21N3O2. The summed E-state index contributed by atoms with van der Waals surface area (Å²) in [5.74, 6) is 0. The minimum Gasteiger partial charge on any atom is -0.374 e. The average Bonchev–Trinajstić information content (AvgIpc) is 2.67. The topological polar surface area (TPSA) is 65.4 Å². The van der Waals surface area contributed by atoms with Crippen LogP contribution in [0.2, 0.25) is 0 Å². The number of rotatable bonds is 4. The number of morpholine rings is 1. The monoisotopic (exact) mass is 335 g/mol. The Bertz CT molecular complexity index is 755. The number of nitrogens with one attached hydrogen (secondary N) is 1. The van der Waals surface area contributed by atoms with Crippen molar-refractivity contribution in [1.82, 2.24) is 10.2 Å². The van der Waals surface area contributed by atoms with Crippen molar-refractivity contribution in [3.05, 3.63) is 71.3 Å². The number of ether oxygens (including phenoxy) is 1. The van der Waals surface area contributed by atoms with Gasteiger partial charge in [-0.2, -0.15) is 5.26 Å². The predicted molar refractivity (Wildman–Crippen MR) is 94.9 cm³/mol. The minimum absolute atomic E-state index is 0.0174. The molecule has 1 aliphatic heterocycles. The van der Waals surface area contributed by atoms with E-state index in [0.29, 0.717) is 31.8 Å². The highest BCUT2D eigenvalue weighted by molar-refractivity contribution is 5.74. The number of amides is 2. The molecule has 0 saturated carbocycles. The number of carbonyl (C=O) groups excluding carboxylic acids is 1. The zero-order valence-corrected chi connectivity index (χ0v) is 14.0. The van der Waals surface area contributed by atoms with Crippen molar-refractivity contribution < 1.29 is 9.53 Å². The van der Waals surface area contributed by atoms with Crippen LogP contribution in [0.25, 0.3) is 0 Å². The summed E-state index contributed by atoms with van der Waals surface area (Å²) in [6.07, 6.45) is 0.818. The molecule has 1 unspecified atom stereocenters. The van der Waals surface area contributed by atoms with E-state index in [-0.39, 0.29) is 12.1 Å². The smallest absolute Gasteiger partial charge is 0.317 e. The van der Waals surface area contributed by atoms with E-state index in [1.54, 1.807) is 17.0 Å². The first kappa shape index (κ1) is 17.0. The van der Waals surface area contributed by atoms with E-state index in [9.17, 15) is 4.79 Å². The maximum Gasteiger partial charge on any atom is 0.317 e. The molecule has 2 aromatic rings. The van der Waals surface area contributed by atoms with Gasteiger partial charge in [-0.1, -0.05) is 42.5 Å². The van der Waals surface area contributed by atoms with Crippen LogP contribution in [0.5, 0.6) is 0 Å². The Morgan fingerprint density at radius 1 is 1.20 bits per heavy atom. The number of urea groups is 1. The summed E-state index contributed by atoms with van der Waals surface area (Å²) in [5, 5.41) is 11.9. The van der Waals surface area contributed by atoms with Gasteiger partial charge in [-0.3, -0.25) is 0 Å². The summed E-state index contributed by atoms with van der Waals surface area (Å²) in [7, 11) is 0. The van der Waals surface area contributed by atoms with Gasteiger partial charge in [-0.25, -0.2) is 4.79 Å². The van der Waals surface area contributed by atoms with Crippen LogP contribution in [-0.2, 0) is 17.7 Å². The number of hydrogen-bond donors (Lipinski definition) is 1. The van der Waals surface area contributed by atoms with Crippen molar-refractivity contribution in [1.29, 1.82) is 5.26 Å². The molecule has 0 aromatic heterocycles. The fraction of sp³-hybridized carbons (Fsp3) is 0.300. The van der Waals surface area contributed by atoms with Crippen molar-refractivity contribution in [3.63, 3.8) is 0 Å². The van der Waals surface area contributed by atoms with Crippen molar-refractivity contribution >= 4 is 6.03 Å². The lowest BCUT2D eigenvalue weighted by Gasteiger charge is -2.33. The lowest BCUT2D eigenvalue weighted by atomic mass is 10.1. The Labute approximate surface area is 147 Å². The molecule has 3 rings (SSSR count). The number of benzene rings is 2. The highest BCUT2D eigenvalue weighted by Gasteiger charge is 2.24. The first-order valence-corrected chi connectivity index (χ1v) is 8.42. The van der Waals surface area contributed by atoms with Crippen molar-refractivity contribution in [2.45, 2.75) is 19.1 Å². The van der Waals surface area contributed by atoms with Gasteiger partial charge in [-0.05, 0) is 23.3 Å². The summed E-state index contributed by atoms with van der Waals surface area (Å²) in [4.78, 5) is 14.2. The van der Waals surface area contributed by atoms with Gasteiger partial charge in [0, 0.05) is 26.1 Å². The molecule has 5 heteroatoms. The largest absolute Gasteiger partial charge is 0.374 e. The van der Waals surface area contributed by atoms with Crippen LogP contribution >= 0.6 is 0 Å². The molecule has 2 aromatic carbocycles. The second kappa shape index (κ2) is 8.32. The van der Waals surface area contributed by atoms with Crippen molar-refractivity contribution in [2.24, 2.45) is 0 Å². The van der Waals surface area contributed by atoms with Crippen LogP contribution in [0.1, 0.15) is 16.7 Å². The summed E-state index contributed by atoms with van der Waals surface area (Å²) in [5.41, 5.74) is 2.73. The van der Waals surface area contributed by atoms with Crippen molar-refractivity contribution in [2.75, 3.05) is 19.7 Å². The molecule has 25 heavy (non-hydrogen) atoms. The number of carbonyl (C=O) groups is 1. The van der Waals surface area contributed by atoms with Crippen LogP contribution < -0.4 is 5.32 Å². The standard InChI is InChI=1S/C20H21N3O2/c21-13-17-7-4-8-18(11-17)14-22-20(24)23-9-10-25-19(15-23)12-16-5-2-1-3-6-16/h1-8,11,19H,9-10,12,14-15H2,(H,22,24). The highest BCUT2D eigenvalue weighted by Crippen LogP contribution is 2.12. The van der Waals surface area contributed by atoms with E-state index in [4.69, 9.17) is 10.00 Å². The summed E-state index contributed by atoms with van der Waals surface area (Å²) in [6, 6.07) is 19.4. The highest BCUT2D eigenvalue weighted by atomic mass is 16.5. The maximum absolute atomic E-state index is 12.4. The molecule has 128 valence electrons. The first-order valence-electron chi connectivity index (χ1n) is 8.42. The first-order chi connectivity index (χ1) is 12.2. The van der Waals surface area contributed by atoms with Crippen LogP contribution in [-0.4, -0.2) is 36.7 Å². The second-order valence-electron chi connectivity index (χ2n) is 6.10. The SMILES string of the molecule is N#Cc1cccc(CNC(=O)N2CCOC(Cc3ccccc3)C2)c1. The lowest BCUT2D eigenvalue weighted by Crippen LogP contribution is -2.50. The third-order valence-electron chi connectivity index (χ3n) is 4.23. The van der Waals surface area contributed by atoms with Crippen molar-refractivity contribution in [3.8, 4) is 6.07 Å². The molecular weight excluding hydrogens is 314 g/mol. The van der Waals surface area contributed by atoms with Gasteiger partial charge in [0.25, 0.3) is 0 Å². The Hall–Kier alpha value is -2.84. The fourth-order valence-corrected chi connectivity index (χ4v) is 2.94. The quantitative estimate of drug-likeness (QED) is 0.934. The third-order valence-corrected chi connectivity index (χ3v) is 4.23. The van der Waals surface area contributed by atoms with Gasteiger partial charge in [0.05, 0.1) is 24.3 Å². The van der Waals surface area contributed by atoms with E-state index in [1.165, 1.54) is 5.56 Å². The van der Waals surface area contributed by atoms with Gasteiger partial charge < -0.3 is 15.0 Å². The van der Waals surface area contributed by atoms with Gasteiger partial charge in [0.1, 0.15) is 0 Å². The lowest BCUT2D eigenvalue weighted by molar-refractivity contribution is -0.0133. The molecule has 5 nitrogen and oxygen atoms in total. The molecule has 1 N–H and O–H groups in total. The minimum atomic E-state index is -0.0938. The molecule has 1 heterocycles. The molecule has 0 aliphatic carbocycles. The van der Waals surface area contributed by atoms with E-state index >= 15 is 0 Å². The van der Waals surface area contributed by atoms with Gasteiger partial charge in [0.2, 0.25) is 0 Å². The number of hydrogen-bond acceptors (Lipinski definition) is 3. The molecule has 1 aliphatic rings. The fourth-order valence-electron chi connectivity index (χ4n) is 2.94. The molecule has 0 bridgehead atoms. The Morgan fingerprint density at radius 2 is 2.00 bits per heavy atom.